The third-order valence-corrected chi connectivity index (χ3v) is 3.86. The molecule has 0 aromatic heterocycles. The maximum absolute atomic E-state index is 5.61. The van der Waals surface area contributed by atoms with E-state index in [1.807, 2.05) is 0 Å². The van der Waals surface area contributed by atoms with Crippen LogP contribution in [0.2, 0.25) is 0 Å². The molecule has 0 aliphatic carbocycles. The Morgan fingerprint density at radius 2 is 2.06 bits per heavy atom. The monoisotopic (exact) mass is 248 g/mol. The van der Waals surface area contributed by atoms with Gasteiger partial charge in [0.25, 0.3) is 0 Å². The van der Waals surface area contributed by atoms with Gasteiger partial charge in [0.05, 0.1) is 7.11 Å². The zero-order chi connectivity index (χ0) is 13.0. The summed E-state index contributed by atoms with van der Waals surface area (Å²) >= 11 is 0. The highest BCUT2D eigenvalue weighted by atomic mass is 16.5. The number of aryl methyl sites for hydroxylation is 1. The first-order valence-corrected chi connectivity index (χ1v) is 6.81. The van der Waals surface area contributed by atoms with Crippen LogP contribution in [0.4, 0.5) is 0 Å². The van der Waals surface area contributed by atoms with Gasteiger partial charge in [-0.1, -0.05) is 17.7 Å². The summed E-state index contributed by atoms with van der Waals surface area (Å²) in [7, 11) is 1.76. The molecule has 18 heavy (non-hydrogen) atoms. The Morgan fingerprint density at radius 3 is 2.67 bits per heavy atom. The molecule has 0 unspecified atom stereocenters. The summed E-state index contributed by atoms with van der Waals surface area (Å²) < 4.78 is 5.49. The number of nitrogens with zero attached hydrogens (tertiary/aromatic N) is 1. The maximum atomic E-state index is 5.61. The summed E-state index contributed by atoms with van der Waals surface area (Å²) in [5.74, 6) is 1.67. The largest absolute Gasteiger partial charge is 0.496 e. The lowest BCUT2D eigenvalue weighted by Gasteiger charge is -2.32. The minimum Gasteiger partial charge on any atom is -0.496 e. The summed E-state index contributed by atoms with van der Waals surface area (Å²) in [5.41, 5.74) is 8.30. The zero-order valence-corrected chi connectivity index (χ0v) is 11.5. The molecular formula is C15H24N2O. The molecule has 2 rings (SSSR count). The second-order valence-corrected chi connectivity index (χ2v) is 5.15. The van der Waals surface area contributed by atoms with Crippen molar-refractivity contribution in [1.82, 2.24) is 4.90 Å². The van der Waals surface area contributed by atoms with Crippen LogP contribution in [0.3, 0.4) is 0 Å². The second kappa shape index (κ2) is 6.21. The van der Waals surface area contributed by atoms with E-state index in [0.29, 0.717) is 5.92 Å². The number of benzene rings is 1. The lowest BCUT2D eigenvalue weighted by molar-refractivity contribution is 0.216. The highest BCUT2D eigenvalue weighted by Crippen LogP contribution is 2.34. The predicted molar refractivity (Wildman–Crippen MR) is 75.2 cm³/mol. The van der Waals surface area contributed by atoms with Gasteiger partial charge in [0.2, 0.25) is 0 Å². The van der Waals surface area contributed by atoms with Crippen molar-refractivity contribution in [2.75, 3.05) is 33.3 Å². The molecule has 3 nitrogen and oxygen atoms in total. The molecule has 1 fully saturated rings. The van der Waals surface area contributed by atoms with E-state index in [1.54, 1.807) is 7.11 Å². The van der Waals surface area contributed by atoms with Crippen LogP contribution < -0.4 is 10.5 Å². The lowest BCUT2D eigenvalue weighted by Crippen LogP contribution is -2.36. The van der Waals surface area contributed by atoms with Gasteiger partial charge < -0.3 is 15.4 Å². The Hall–Kier alpha value is -1.06. The highest BCUT2D eigenvalue weighted by Gasteiger charge is 2.22. The van der Waals surface area contributed by atoms with Crippen molar-refractivity contribution in [2.45, 2.75) is 25.7 Å². The van der Waals surface area contributed by atoms with E-state index in [1.165, 1.54) is 24.0 Å². The Bertz CT molecular complexity index is 384. The first-order chi connectivity index (χ1) is 8.74. The molecule has 0 spiro atoms. The fourth-order valence-corrected chi connectivity index (χ4v) is 2.82. The molecule has 2 N–H and O–H groups in total. The molecule has 0 amide bonds. The number of methoxy groups -OCH3 is 1. The number of ether oxygens (including phenoxy) is 1. The van der Waals surface area contributed by atoms with Crippen LogP contribution in [0.25, 0.3) is 0 Å². The van der Waals surface area contributed by atoms with Gasteiger partial charge in [-0.25, -0.2) is 0 Å². The molecule has 1 aromatic rings. The molecule has 1 aliphatic rings. The zero-order valence-electron chi connectivity index (χ0n) is 11.5. The molecule has 0 atom stereocenters. The number of hydrogen-bond donors (Lipinski definition) is 1. The molecule has 100 valence electrons. The molecule has 0 radical (unpaired) electrons. The highest BCUT2D eigenvalue weighted by molar-refractivity contribution is 5.39. The fraction of sp³-hybridized carbons (Fsp3) is 0.600. The van der Waals surface area contributed by atoms with E-state index in [0.717, 1.165) is 31.9 Å². The van der Waals surface area contributed by atoms with E-state index in [-0.39, 0.29) is 0 Å². The Labute approximate surface area is 110 Å². The first-order valence-electron chi connectivity index (χ1n) is 6.81. The molecule has 1 aliphatic heterocycles. The summed E-state index contributed by atoms with van der Waals surface area (Å²) in [6.07, 6.45) is 2.42. The SMILES string of the molecule is COc1ccc(C)cc1C1CCN(CCN)CC1. The minimum absolute atomic E-state index is 0.633. The topological polar surface area (TPSA) is 38.5 Å². The summed E-state index contributed by atoms with van der Waals surface area (Å²) in [4.78, 5) is 2.46. The van der Waals surface area contributed by atoms with Crippen molar-refractivity contribution >= 4 is 0 Å². The standard InChI is InChI=1S/C15H24N2O/c1-12-3-4-15(18-2)14(11-12)13-5-8-17(9-6-13)10-7-16/h3-4,11,13H,5-10,16H2,1-2H3. The van der Waals surface area contributed by atoms with Gasteiger partial charge in [0.1, 0.15) is 5.75 Å². The van der Waals surface area contributed by atoms with Crippen LogP contribution in [0.1, 0.15) is 29.9 Å². The van der Waals surface area contributed by atoms with Crippen LogP contribution in [0, 0.1) is 6.92 Å². The average molecular weight is 248 g/mol. The third kappa shape index (κ3) is 3.03. The number of hydrogen-bond acceptors (Lipinski definition) is 3. The van der Waals surface area contributed by atoms with Crippen molar-refractivity contribution in [3.8, 4) is 5.75 Å². The van der Waals surface area contributed by atoms with Gasteiger partial charge >= 0.3 is 0 Å². The van der Waals surface area contributed by atoms with Crippen molar-refractivity contribution in [3.05, 3.63) is 29.3 Å². The Kier molecular flexibility index (Phi) is 4.61. The minimum atomic E-state index is 0.633. The molecule has 0 bridgehead atoms. The summed E-state index contributed by atoms with van der Waals surface area (Å²) in [6.45, 7) is 6.24. The van der Waals surface area contributed by atoms with Gasteiger partial charge in [-0.2, -0.15) is 0 Å². The van der Waals surface area contributed by atoms with E-state index in [2.05, 4.69) is 30.0 Å². The van der Waals surface area contributed by atoms with Gasteiger partial charge in [-0.15, -0.1) is 0 Å². The molecular weight excluding hydrogens is 224 g/mol. The van der Waals surface area contributed by atoms with E-state index in [9.17, 15) is 0 Å². The van der Waals surface area contributed by atoms with Crippen molar-refractivity contribution in [2.24, 2.45) is 5.73 Å². The lowest BCUT2D eigenvalue weighted by atomic mass is 9.88. The number of rotatable bonds is 4. The summed E-state index contributed by atoms with van der Waals surface area (Å²) in [5, 5.41) is 0. The number of likely N-dealkylation sites (tertiary alicyclic amines) is 1. The molecule has 1 heterocycles. The van der Waals surface area contributed by atoms with Crippen LogP contribution in [-0.4, -0.2) is 38.2 Å². The number of piperidine rings is 1. The number of nitrogens with two attached hydrogens (primary N) is 1. The maximum Gasteiger partial charge on any atom is 0.122 e. The van der Waals surface area contributed by atoms with E-state index < -0.39 is 0 Å². The Balaban J connectivity index is 2.06. The molecule has 1 aromatic carbocycles. The van der Waals surface area contributed by atoms with Gasteiger partial charge in [-0.3, -0.25) is 0 Å². The molecule has 3 heteroatoms. The first kappa shape index (κ1) is 13.4. The second-order valence-electron chi connectivity index (χ2n) is 5.15. The normalized spacial score (nSPS) is 17.9. The van der Waals surface area contributed by atoms with Gasteiger partial charge in [0, 0.05) is 13.1 Å². The van der Waals surface area contributed by atoms with Crippen molar-refractivity contribution in [1.29, 1.82) is 0 Å². The Morgan fingerprint density at radius 1 is 1.33 bits per heavy atom. The van der Waals surface area contributed by atoms with Crippen molar-refractivity contribution in [3.63, 3.8) is 0 Å². The molecule has 0 saturated carbocycles. The summed E-state index contributed by atoms with van der Waals surface area (Å²) in [6, 6.07) is 6.49. The average Bonchev–Trinajstić information content (AvgIpc) is 2.40. The quantitative estimate of drug-likeness (QED) is 0.887. The van der Waals surface area contributed by atoms with Gasteiger partial charge in [0.15, 0.2) is 0 Å². The van der Waals surface area contributed by atoms with Crippen molar-refractivity contribution < 1.29 is 4.74 Å². The van der Waals surface area contributed by atoms with Crippen LogP contribution >= 0.6 is 0 Å². The fourth-order valence-electron chi connectivity index (χ4n) is 2.82. The predicted octanol–water partition coefficient (Wildman–Crippen LogP) is 2.14. The third-order valence-electron chi connectivity index (χ3n) is 3.86. The van der Waals surface area contributed by atoms with E-state index >= 15 is 0 Å². The van der Waals surface area contributed by atoms with E-state index in [4.69, 9.17) is 10.5 Å². The van der Waals surface area contributed by atoms with Gasteiger partial charge in [-0.05, 0) is 50.4 Å². The molecule has 1 saturated heterocycles. The smallest absolute Gasteiger partial charge is 0.122 e. The van der Waals surface area contributed by atoms with Crippen LogP contribution in [0.15, 0.2) is 18.2 Å². The van der Waals surface area contributed by atoms with Crippen LogP contribution in [0.5, 0.6) is 5.75 Å². The van der Waals surface area contributed by atoms with Crippen LogP contribution in [-0.2, 0) is 0 Å².